The summed E-state index contributed by atoms with van der Waals surface area (Å²) in [6.45, 7) is 1.92. The van der Waals surface area contributed by atoms with Gasteiger partial charge in [-0.25, -0.2) is 5.84 Å². The van der Waals surface area contributed by atoms with Crippen LogP contribution in [0.2, 0.25) is 0 Å². The number of hydrogen-bond donors (Lipinski definition) is 2. The van der Waals surface area contributed by atoms with Crippen LogP contribution in [0.25, 0.3) is 0 Å². The molecule has 1 aromatic rings. The lowest BCUT2D eigenvalue weighted by molar-refractivity contribution is -0.135. The molecule has 0 saturated carbocycles. The quantitative estimate of drug-likeness (QED) is 0.567. The summed E-state index contributed by atoms with van der Waals surface area (Å²) in [6, 6.07) is 7.64. The van der Waals surface area contributed by atoms with Crippen LogP contribution >= 0.6 is 0 Å². The van der Waals surface area contributed by atoms with E-state index in [2.05, 4.69) is 6.92 Å². The van der Waals surface area contributed by atoms with E-state index in [0.29, 0.717) is 0 Å². The van der Waals surface area contributed by atoms with Crippen molar-refractivity contribution in [2.75, 3.05) is 11.6 Å². The predicted molar refractivity (Wildman–Crippen MR) is 59.6 cm³/mol. The maximum Gasteiger partial charge on any atom is 0.324 e. The Kier molecular flexibility index (Phi) is 4.12. The smallest absolute Gasteiger partial charge is 0.324 e. The van der Waals surface area contributed by atoms with Gasteiger partial charge in [0.2, 0.25) is 0 Å². The molecule has 0 atom stereocenters. The lowest BCUT2D eigenvalue weighted by Gasteiger charge is -2.16. The van der Waals surface area contributed by atoms with E-state index in [9.17, 15) is 4.79 Å². The fourth-order valence-corrected chi connectivity index (χ4v) is 1.42. The summed E-state index contributed by atoms with van der Waals surface area (Å²) in [5, 5.41) is 9.83. The number of benzene rings is 1. The van der Waals surface area contributed by atoms with E-state index in [1.54, 1.807) is 0 Å². The molecule has 0 radical (unpaired) electrons. The Morgan fingerprint density at radius 3 is 2.87 bits per heavy atom. The van der Waals surface area contributed by atoms with Gasteiger partial charge in [0.05, 0.1) is 5.69 Å². The summed E-state index contributed by atoms with van der Waals surface area (Å²) < 4.78 is 0. The molecule has 0 aliphatic carbocycles. The maximum atomic E-state index is 10.5. The number of aliphatic carboxylic acids is 1. The first-order valence-corrected chi connectivity index (χ1v) is 4.96. The maximum absolute atomic E-state index is 10.5. The lowest BCUT2D eigenvalue weighted by Crippen LogP contribution is -2.35. The van der Waals surface area contributed by atoms with E-state index in [0.717, 1.165) is 18.5 Å². The van der Waals surface area contributed by atoms with Gasteiger partial charge in [-0.3, -0.25) is 9.80 Å². The SMILES string of the molecule is CCCc1cccc(N(N)CC(=O)O)c1. The van der Waals surface area contributed by atoms with Gasteiger partial charge in [-0.2, -0.15) is 0 Å². The number of rotatable bonds is 5. The second kappa shape index (κ2) is 5.36. The molecule has 0 unspecified atom stereocenters. The van der Waals surface area contributed by atoms with Crippen molar-refractivity contribution in [2.45, 2.75) is 19.8 Å². The fourth-order valence-electron chi connectivity index (χ4n) is 1.42. The van der Waals surface area contributed by atoms with Crippen molar-refractivity contribution in [1.29, 1.82) is 0 Å². The van der Waals surface area contributed by atoms with Crippen LogP contribution in [0.4, 0.5) is 5.69 Å². The molecule has 15 heavy (non-hydrogen) atoms. The Bertz CT molecular complexity index is 339. The molecule has 0 aliphatic heterocycles. The second-order valence-corrected chi connectivity index (χ2v) is 3.44. The van der Waals surface area contributed by atoms with Crippen molar-refractivity contribution >= 4 is 11.7 Å². The van der Waals surface area contributed by atoms with E-state index < -0.39 is 5.97 Å². The Morgan fingerprint density at radius 2 is 2.27 bits per heavy atom. The van der Waals surface area contributed by atoms with Gasteiger partial charge in [0.15, 0.2) is 0 Å². The third kappa shape index (κ3) is 3.59. The van der Waals surface area contributed by atoms with Crippen LogP contribution in [-0.2, 0) is 11.2 Å². The van der Waals surface area contributed by atoms with Crippen LogP contribution in [0, 0.1) is 0 Å². The van der Waals surface area contributed by atoms with Gasteiger partial charge in [0.1, 0.15) is 6.54 Å². The molecule has 82 valence electrons. The first kappa shape index (κ1) is 11.5. The summed E-state index contributed by atoms with van der Waals surface area (Å²) >= 11 is 0. The van der Waals surface area contributed by atoms with E-state index in [4.69, 9.17) is 10.9 Å². The number of aryl methyl sites for hydroxylation is 1. The number of nitrogens with two attached hydrogens (primary N) is 1. The minimum atomic E-state index is -0.932. The highest BCUT2D eigenvalue weighted by atomic mass is 16.4. The molecule has 0 aliphatic rings. The Hall–Kier alpha value is -1.55. The van der Waals surface area contributed by atoms with E-state index in [-0.39, 0.29) is 6.54 Å². The topological polar surface area (TPSA) is 66.6 Å². The Balaban J connectivity index is 2.75. The van der Waals surface area contributed by atoms with Crippen LogP contribution in [0.1, 0.15) is 18.9 Å². The Morgan fingerprint density at radius 1 is 1.53 bits per heavy atom. The van der Waals surface area contributed by atoms with Gasteiger partial charge >= 0.3 is 5.97 Å². The van der Waals surface area contributed by atoms with Crippen molar-refractivity contribution < 1.29 is 9.90 Å². The number of carboxylic acid groups (broad SMARTS) is 1. The minimum absolute atomic E-state index is 0.185. The monoisotopic (exact) mass is 208 g/mol. The van der Waals surface area contributed by atoms with Crippen LogP contribution in [-0.4, -0.2) is 17.6 Å². The van der Waals surface area contributed by atoms with Crippen molar-refractivity contribution in [3.05, 3.63) is 29.8 Å². The molecule has 1 rings (SSSR count). The van der Waals surface area contributed by atoms with E-state index in [1.807, 2.05) is 24.3 Å². The van der Waals surface area contributed by atoms with Crippen molar-refractivity contribution in [3.8, 4) is 0 Å². The summed E-state index contributed by atoms with van der Waals surface area (Å²) in [4.78, 5) is 10.5. The summed E-state index contributed by atoms with van der Waals surface area (Å²) in [7, 11) is 0. The van der Waals surface area contributed by atoms with Crippen LogP contribution in [0.5, 0.6) is 0 Å². The van der Waals surface area contributed by atoms with Gasteiger partial charge in [-0.05, 0) is 24.1 Å². The minimum Gasteiger partial charge on any atom is -0.480 e. The molecule has 0 heterocycles. The number of carboxylic acids is 1. The van der Waals surface area contributed by atoms with Gasteiger partial charge in [0.25, 0.3) is 0 Å². The molecule has 0 amide bonds. The Labute approximate surface area is 89.3 Å². The molecule has 0 bridgehead atoms. The molecule has 3 N–H and O–H groups in total. The second-order valence-electron chi connectivity index (χ2n) is 3.44. The van der Waals surface area contributed by atoms with Crippen LogP contribution in [0.3, 0.4) is 0 Å². The molecular formula is C11H16N2O2. The average molecular weight is 208 g/mol. The fraction of sp³-hybridized carbons (Fsp3) is 0.364. The molecule has 0 fully saturated rings. The third-order valence-electron chi connectivity index (χ3n) is 2.09. The highest BCUT2D eigenvalue weighted by Gasteiger charge is 2.06. The van der Waals surface area contributed by atoms with Crippen molar-refractivity contribution in [2.24, 2.45) is 5.84 Å². The van der Waals surface area contributed by atoms with Gasteiger partial charge in [-0.1, -0.05) is 25.5 Å². The number of anilines is 1. The normalized spacial score (nSPS) is 10.0. The number of nitrogens with zero attached hydrogens (tertiary/aromatic N) is 1. The first-order valence-electron chi connectivity index (χ1n) is 4.96. The molecule has 0 spiro atoms. The first-order chi connectivity index (χ1) is 7.13. The lowest BCUT2D eigenvalue weighted by atomic mass is 10.1. The molecule has 0 saturated heterocycles. The summed E-state index contributed by atoms with van der Waals surface area (Å²) in [5.41, 5.74) is 1.92. The summed E-state index contributed by atoms with van der Waals surface area (Å²) in [6.07, 6.45) is 2.04. The zero-order valence-corrected chi connectivity index (χ0v) is 8.81. The molecule has 0 aromatic heterocycles. The van der Waals surface area contributed by atoms with Gasteiger partial charge in [0, 0.05) is 0 Å². The van der Waals surface area contributed by atoms with Crippen LogP contribution in [0.15, 0.2) is 24.3 Å². The number of carbonyl (C=O) groups is 1. The molecule has 4 heteroatoms. The van der Waals surface area contributed by atoms with Crippen molar-refractivity contribution in [1.82, 2.24) is 0 Å². The molecule has 1 aromatic carbocycles. The predicted octanol–water partition coefficient (Wildman–Crippen LogP) is 1.40. The van der Waals surface area contributed by atoms with Gasteiger partial charge in [-0.15, -0.1) is 0 Å². The van der Waals surface area contributed by atoms with Crippen LogP contribution < -0.4 is 10.9 Å². The largest absolute Gasteiger partial charge is 0.480 e. The van der Waals surface area contributed by atoms with E-state index in [1.165, 1.54) is 10.6 Å². The highest BCUT2D eigenvalue weighted by Crippen LogP contribution is 2.14. The summed E-state index contributed by atoms with van der Waals surface area (Å²) in [5.74, 6) is 4.68. The molecular weight excluding hydrogens is 192 g/mol. The van der Waals surface area contributed by atoms with E-state index >= 15 is 0 Å². The van der Waals surface area contributed by atoms with Crippen molar-refractivity contribution in [3.63, 3.8) is 0 Å². The van der Waals surface area contributed by atoms with Gasteiger partial charge < -0.3 is 5.11 Å². The highest BCUT2D eigenvalue weighted by molar-refractivity contribution is 5.73. The number of hydrogen-bond acceptors (Lipinski definition) is 3. The number of hydrazine groups is 1. The average Bonchev–Trinajstić information content (AvgIpc) is 2.17. The zero-order chi connectivity index (χ0) is 11.3. The molecule has 4 nitrogen and oxygen atoms in total. The third-order valence-corrected chi connectivity index (χ3v) is 2.09. The standard InChI is InChI=1S/C11H16N2O2/c1-2-4-9-5-3-6-10(7-9)13(12)8-11(14)15/h3,5-7H,2,4,8,12H2,1H3,(H,14,15). The zero-order valence-electron chi connectivity index (χ0n) is 8.81.